The van der Waals surface area contributed by atoms with Crippen molar-refractivity contribution in [3.63, 3.8) is 0 Å². The number of primary amides is 1. The standard InChI is InChI=1S/C28H39N7O5/c1-2-21-27(30-18-4-7-20(36)8-5-18)33-28(25(32-21)26(29)38)31-19-6-9-23-22(16-19)35(24(37)17-40-23)11-3-10-34-12-14-39-15-13-34/h6,9,16,18,20,36H,2-5,7-8,10-15,17H2,1H3,(H2,29,38)(H2,30,31,33)/t18-,20-. The van der Waals surface area contributed by atoms with Gasteiger partial charge in [0.25, 0.3) is 11.8 Å². The van der Waals surface area contributed by atoms with Crippen LogP contribution in [0.5, 0.6) is 5.75 Å². The van der Waals surface area contributed by atoms with E-state index in [-0.39, 0.29) is 36.2 Å². The van der Waals surface area contributed by atoms with Gasteiger partial charge in [-0.1, -0.05) is 6.92 Å². The van der Waals surface area contributed by atoms with Crippen molar-refractivity contribution in [1.29, 1.82) is 0 Å². The number of amides is 2. The van der Waals surface area contributed by atoms with Crippen LogP contribution in [0.3, 0.4) is 0 Å². The van der Waals surface area contributed by atoms with Crippen LogP contribution in [-0.4, -0.2) is 89.9 Å². The summed E-state index contributed by atoms with van der Waals surface area (Å²) in [7, 11) is 0. The molecule has 12 nitrogen and oxygen atoms in total. The summed E-state index contributed by atoms with van der Waals surface area (Å²) in [6.45, 7) is 6.69. The predicted octanol–water partition coefficient (Wildman–Crippen LogP) is 2.04. The van der Waals surface area contributed by atoms with Crippen molar-refractivity contribution in [3.8, 4) is 5.75 Å². The summed E-state index contributed by atoms with van der Waals surface area (Å²) >= 11 is 0. The number of ether oxygens (including phenoxy) is 2. The van der Waals surface area contributed by atoms with Crippen LogP contribution in [0.15, 0.2) is 18.2 Å². The summed E-state index contributed by atoms with van der Waals surface area (Å²) in [6.07, 6.45) is 4.25. The Bertz CT molecular complexity index is 1210. The summed E-state index contributed by atoms with van der Waals surface area (Å²) in [6, 6.07) is 5.62. The lowest BCUT2D eigenvalue weighted by molar-refractivity contribution is -0.121. The number of nitrogens with zero attached hydrogens (tertiary/aromatic N) is 4. The van der Waals surface area contributed by atoms with Gasteiger partial charge in [-0.25, -0.2) is 9.97 Å². The van der Waals surface area contributed by atoms with Crippen molar-refractivity contribution in [2.75, 3.05) is 61.5 Å². The highest BCUT2D eigenvalue weighted by Gasteiger charge is 2.27. The van der Waals surface area contributed by atoms with E-state index in [1.807, 2.05) is 25.1 Å². The monoisotopic (exact) mass is 553 g/mol. The second-order valence-corrected chi connectivity index (χ2v) is 10.5. The largest absolute Gasteiger partial charge is 0.482 e. The third-order valence-electron chi connectivity index (χ3n) is 7.70. The molecule has 216 valence electrons. The van der Waals surface area contributed by atoms with Gasteiger partial charge in [0.05, 0.1) is 30.7 Å². The molecule has 0 bridgehead atoms. The van der Waals surface area contributed by atoms with Gasteiger partial charge in [0.1, 0.15) is 11.6 Å². The normalized spacial score (nSPS) is 21.4. The lowest BCUT2D eigenvalue weighted by Gasteiger charge is -2.31. The van der Waals surface area contributed by atoms with Crippen LogP contribution in [0.4, 0.5) is 23.0 Å². The summed E-state index contributed by atoms with van der Waals surface area (Å²) in [5.41, 5.74) is 7.69. The van der Waals surface area contributed by atoms with E-state index in [2.05, 4.69) is 20.5 Å². The Morgan fingerprint density at radius 1 is 1.12 bits per heavy atom. The van der Waals surface area contributed by atoms with E-state index in [9.17, 15) is 14.7 Å². The van der Waals surface area contributed by atoms with Crippen molar-refractivity contribution >= 4 is 34.8 Å². The molecule has 3 heterocycles. The van der Waals surface area contributed by atoms with Crippen LogP contribution < -0.4 is 26.0 Å². The quantitative estimate of drug-likeness (QED) is 0.343. The number of fused-ring (bicyclic) bond motifs is 1. The molecule has 0 atom stereocenters. The summed E-state index contributed by atoms with van der Waals surface area (Å²) in [5.74, 6) is 0.683. The molecule has 0 spiro atoms. The number of nitrogens with two attached hydrogens (primary N) is 1. The van der Waals surface area contributed by atoms with Crippen molar-refractivity contribution in [2.24, 2.45) is 5.73 Å². The van der Waals surface area contributed by atoms with Gasteiger partial charge in [-0.15, -0.1) is 0 Å². The van der Waals surface area contributed by atoms with Crippen LogP contribution >= 0.6 is 0 Å². The van der Waals surface area contributed by atoms with Crippen LogP contribution in [0.1, 0.15) is 55.2 Å². The molecule has 1 aromatic heterocycles. The SMILES string of the molecule is CCc1nc(C(N)=O)c(Nc2ccc3c(c2)N(CCCN2CCOCC2)C(=O)CO3)nc1N[C@H]1CC[C@H](O)CC1. The van der Waals surface area contributed by atoms with Crippen LogP contribution in [-0.2, 0) is 16.0 Å². The molecule has 1 aromatic carbocycles. The van der Waals surface area contributed by atoms with Gasteiger partial charge in [0.15, 0.2) is 18.1 Å². The number of rotatable bonds is 10. The summed E-state index contributed by atoms with van der Waals surface area (Å²) in [5, 5.41) is 16.5. The maximum atomic E-state index is 12.8. The zero-order valence-electron chi connectivity index (χ0n) is 23.0. The first-order valence-electron chi connectivity index (χ1n) is 14.2. The molecular formula is C28H39N7O5. The van der Waals surface area contributed by atoms with Crippen molar-refractivity contribution in [2.45, 2.75) is 57.6 Å². The van der Waals surface area contributed by atoms with E-state index in [1.165, 1.54) is 0 Å². The lowest BCUT2D eigenvalue weighted by atomic mass is 9.93. The highest BCUT2D eigenvalue weighted by molar-refractivity contribution is 5.99. The number of carbonyl (C=O) groups is 2. The molecule has 1 saturated heterocycles. The first-order valence-corrected chi connectivity index (χ1v) is 14.2. The number of benzene rings is 1. The topological polar surface area (TPSA) is 155 Å². The Kier molecular flexibility index (Phi) is 8.98. The molecule has 1 saturated carbocycles. The number of anilines is 4. The highest BCUT2D eigenvalue weighted by Crippen LogP contribution is 2.36. The zero-order valence-corrected chi connectivity index (χ0v) is 23.0. The molecule has 40 heavy (non-hydrogen) atoms. The zero-order chi connectivity index (χ0) is 28.1. The molecule has 5 rings (SSSR count). The number of aliphatic hydroxyl groups is 1. The molecule has 5 N–H and O–H groups in total. The van der Waals surface area contributed by atoms with Gasteiger partial charge in [0, 0.05) is 37.9 Å². The summed E-state index contributed by atoms with van der Waals surface area (Å²) in [4.78, 5) is 38.6. The minimum Gasteiger partial charge on any atom is -0.482 e. The smallest absolute Gasteiger partial charge is 0.271 e. The van der Waals surface area contributed by atoms with Crippen LogP contribution in [0.2, 0.25) is 0 Å². The molecule has 0 radical (unpaired) electrons. The Morgan fingerprint density at radius 3 is 2.62 bits per heavy atom. The molecule has 3 aliphatic rings. The lowest BCUT2D eigenvalue weighted by Crippen LogP contribution is -2.42. The molecular weight excluding hydrogens is 514 g/mol. The molecule has 1 aliphatic carbocycles. The molecule has 2 aliphatic heterocycles. The number of hydrogen-bond donors (Lipinski definition) is 4. The van der Waals surface area contributed by atoms with Crippen LogP contribution in [0.25, 0.3) is 0 Å². The molecule has 12 heteroatoms. The Labute approximate surface area is 234 Å². The molecule has 2 fully saturated rings. The molecule has 2 amide bonds. The Hall–Kier alpha value is -3.48. The highest BCUT2D eigenvalue weighted by atomic mass is 16.5. The number of aryl methyl sites for hydroxylation is 1. The number of aromatic nitrogens is 2. The van der Waals surface area contributed by atoms with E-state index in [0.717, 1.165) is 65.0 Å². The number of carbonyl (C=O) groups excluding carboxylic acids is 2. The number of hydrogen-bond acceptors (Lipinski definition) is 10. The van der Waals surface area contributed by atoms with Gasteiger partial charge >= 0.3 is 0 Å². The Balaban J connectivity index is 1.36. The van der Waals surface area contributed by atoms with Gasteiger partial charge in [-0.05, 0) is 56.7 Å². The van der Waals surface area contributed by atoms with Gasteiger partial charge in [0.2, 0.25) is 0 Å². The van der Waals surface area contributed by atoms with Crippen molar-refractivity contribution in [1.82, 2.24) is 14.9 Å². The van der Waals surface area contributed by atoms with Gasteiger partial charge < -0.3 is 35.8 Å². The maximum Gasteiger partial charge on any atom is 0.271 e. The van der Waals surface area contributed by atoms with E-state index in [4.69, 9.17) is 20.2 Å². The average Bonchev–Trinajstić information content (AvgIpc) is 2.96. The number of nitrogens with one attached hydrogen (secondary N) is 2. The van der Waals surface area contributed by atoms with Crippen molar-refractivity contribution in [3.05, 3.63) is 29.6 Å². The third kappa shape index (κ3) is 6.62. The van der Waals surface area contributed by atoms with Gasteiger partial charge in [-0.2, -0.15) is 0 Å². The minimum absolute atomic E-state index is 0.000330. The molecule has 0 unspecified atom stereocenters. The first kappa shape index (κ1) is 28.1. The van der Waals surface area contributed by atoms with E-state index in [1.54, 1.807) is 4.90 Å². The average molecular weight is 554 g/mol. The Morgan fingerprint density at radius 2 is 1.90 bits per heavy atom. The van der Waals surface area contributed by atoms with Crippen molar-refractivity contribution < 1.29 is 24.2 Å². The van der Waals surface area contributed by atoms with Crippen LogP contribution in [0, 0.1) is 0 Å². The predicted molar refractivity (Wildman–Crippen MR) is 151 cm³/mol. The van der Waals surface area contributed by atoms with E-state index < -0.39 is 5.91 Å². The second-order valence-electron chi connectivity index (χ2n) is 10.5. The number of morpholine rings is 1. The van der Waals surface area contributed by atoms with Gasteiger partial charge in [-0.3, -0.25) is 14.5 Å². The molecule has 2 aromatic rings. The fourth-order valence-electron chi connectivity index (χ4n) is 5.44. The minimum atomic E-state index is -0.682. The fraction of sp³-hybridized carbons (Fsp3) is 0.571. The fourth-order valence-corrected chi connectivity index (χ4v) is 5.44. The maximum absolute atomic E-state index is 12.8. The third-order valence-corrected chi connectivity index (χ3v) is 7.70. The van der Waals surface area contributed by atoms with E-state index in [0.29, 0.717) is 41.6 Å². The first-order chi connectivity index (χ1) is 19.4. The summed E-state index contributed by atoms with van der Waals surface area (Å²) < 4.78 is 11.1. The van der Waals surface area contributed by atoms with E-state index >= 15 is 0 Å². The number of aliphatic hydroxyl groups excluding tert-OH is 1. The second kappa shape index (κ2) is 12.8.